The highest BCUT2D eigenvalue weighted by Crippen LogP contribution is 2.30. The molecule has 1 fully saturated rings. The standard InChI is InChI=1S/C15H22N2O7/c1-4-8(2)14(20)23-7-9-11(19)12(22-3)13(24-9)17-6-5-10(18)16-15(17)21/h5-6,8-9,11-13,19H,4,7H2,1-3H3,(H,16,18,21)/t8?,9-,11-,12-,13-/m1/s1. The molecule has 2 heterocycles. The van der Waals surface area contributed by atoms with Gasteiger partial charge in [0.15, 0.2) is 6.23 Å². The van der Waals surface area contributed by atoms with E-state index in [4.69, 9.17) is 14.2 Å². The lowest BCUT2D eigenvalue weighted by atomic mass is 10.1. The fraction of sp³-hybridized carbons (Fsp3) is 0.667. The zero-order valence-corrected chi connectivity index (χ0v) is 13.8. The number of ether oxygens (including phenoxy) is 3. The summed E-state index contributed by atoms with van der Waals surface area (Å²) in [4.78, 5) is 36.9. The Morgan fingerprint density at radius 1 is 1.50 bits per heavy atom. The van der Waals surface area contributed by atoms with E-state index >= 15 is 0 Å². The summed E-state index contributed by atoms with van der Waals surface area (Å²) < 4.78 is 17.1. The largest absolute Gasteiger partial charge is 0.463 e. The van der Waals surface area contributed by atoms with Crippen molar-refractivity contribution in [3.05, 3.63) is 33.1 Å². The van der Waals surface area contributed by atoms with Crippen LogP contribution in [-0.2, 0) is 19.0 Å². The highest BCUT2D eigenvalue weighted by Gasteiger charge is 2.46. The minimum Gasteiger partial charge on any atom is -0.463 e. The smallest absolute Gasteiger partial charge is 0.330 e. The highest BCUT2D eigenvalue weighted by molar-refractivity contribution is 5.71. The number of aliphatic hydroxyl groups is 1. The van der Waals surface area contributed by atoms with Crippen LogP contribution < -0.4 is 11.2 Å². The second-order valence-corrected chi connectivity index (χ2v) is 5.71. The van der Waals surface area contributed by atoms with Gasteiger partial charge in [0, 0.05) is 19.4 Å². The molecule has 9 nitrogen and oxygen atoms in total. The molecule has 1 unspecified atom stereocenters. The Morgan fingerprint density at radius 2 is 2.21 bits per heavy atom. The number of nitrogens with one attached hydrogen (secondary N) is 1. The molecule has 2 rings (SSSR count). The summed E-state index contributed by atoms with van der Waals surface area (Å²) in [6.45, 7) is 3.46. The second kappa shape index (κ2) is 7.73. The van der Waals surface area contributed by atoms with Crippen molar-refractivity contribution in [1.29, 1.82) is 0 Å². The molecular weight excluding hydrogens is 320 g/mol. The highest BCUT2D eigenvalue weighted by atomic mass is 16.6. The summed E-state index contributed by atoms with van der Waals surface area (Å²) >= 11 is 0. The lowest BCUT2D eigenvalue weighted by Gasteiger charge is -2.19. The van der Waals surface area contributed by atoms with Gasteiger partial charge in [-0.2, -0.15) is 0 Å². The Bertz CT molecular complexity index is 683. The van der Waals surface area contributed by atoms with E-state index in [0.717, 1.165) is 4.57 Å². The van der Waals surface area contributed by atoms with Crippen molar-refractivity contribution in [2.75, 3.05) is 13.7 Å². The average Bonchev–Trinajstić information content (AvgIpc) is 2.87. The van der Waals surface area contributed by atoms with Gasteiger partial charge in [0.05, 0.1) is 5.92 Å². The topological polar surface area (TPSA) is 120 Å². The molecule has 0 amide bonds. The Kier molecular flexibility index (Phi) is 5.92. The summed E-state index contributed by atoms with van der Waals surface area (Å²) in [6.07, 6.45) is -1.82. The molecule has 2 N–H and O–H groups in total. The number of hydrogen-bond acceptors (Lipinski definition) is 7. The van der Waals surface area contributed by atoms with Crippen LogP contribution in [0.3, 0.4) is 0 Å². The van der Waals surface area contributed by atoms with E-state index in [9.17, 15) is 19.5 Å². The Hall–Kier alpha value is -1.97. The number of rotatable bonds is 6. The zero-order valence-electron chi connectivity index (χ0n) is 13.8. The molecule has 1 aliphatic rings. The van der Waals surface area contributed by atoms with Crippen molar-refractivity contribution in [2.45, 2.75) is 44.8 Å². The van der Waals surface area contributed by atoms with Gasteiger partial charge in [-0.1, -0.05) is 13.8 Å². The van der Waals surface area contributed by atoms with Crippen LogP contribution >= 0.6 is 0 Å². The van der Waals surface area contributed by atoms with Crippen molar-refractivity contribution < 1.29 is 24.1 Å². The molecule has 1 aliphatic heterocycles. The van der Waals surface area contributed by atoms with Crippen LogP contribution in [0.5, 0.6) is 0 Å². The predicted octanol–water partition coefficient (Wildman–Crippen LogP) is -0.601. The number of aromatic nitrogens is 2. The molecule has 134 valence electrons. The van der Waals surface area contributed by atoms with Crippen LogP contribution in [0, 0.1) is 5.92 Å². The predicted molar refractivity (Wildman–Crippen MR) is 82.5 cm³/mol. The van der Waals surface area contributed by atoms with Crippen molar-refractivity contribution in [3.63, 3.8) is 0 Å². The Balaban J connectivity index is 2.13. The maximum absolute atomic E-state index is 11.9. The van der Waals surface area contributed by atoms with E-state index < -0.39 is 35.8 Å². The summed E-state index contributed by atoms with van der Waals surface area (Å²) in [7, 11) is 1.37. The van der Waals surface area contributed by atoms with Crippen LogP contribution in [0.25, 0.3) is 0 Å². The third kappa shape index (κ3) is 3.74. The van der Waals surface area contributed by atoms with E-state index in [1.54, 1.807) is 6.92 Å². The van der Waals surface area contributed by atoms with Crippen molar-refractivity contribution in [2.24, 2.45) is 5.92 Å². The summed E-state index contributed by atoms with van der Waals surface area (Å²) in [6, 6.07) is 1.17. The van der Waals surface area contributed by atoms with E-state index in [-0.39, 0.29) is 18.5 Å². The van der Waals surface area contributed by atoms with Gasteiger partial charge in [0.2, 0.25) is 0 Å². The molecule has 1 saturated heterocycles. The molecule has 0 spiro atoms. The molecule has 0 aliphatic carbocycles. The van der Waals surface area contributed by atoms with Gasteiger partial charge in [-0.15, -0.1) is 0 Å². The third-order valence-corrected chi connectivity index (χ3v) is 4.11. The number of carbonyl (C=O) groups is 1. The Morgan fingerprint density at radius 3 is 2.79 bits per heavy atom. The first-order valence-corrected chi connectivity index (χ1v) is 7.73. The molecule has 24 heavy (non-hydrogen) atoms. The third-order valence-electron chi connectivity index (χ3n) is 4.11. The van der Waals surface area contributed by atoms with Gasteiger partial charge in [0.1, 0.15) is 24.9 Å². The summed E-state index contributed by atoms with van der Waals surface area (Å²) in [5, 5.41) is 10.3. The minimum absolute atomic E-state index is 0.154. The SMILES string of the molecule is CCC(C)C(=O)OC[C@H]1O[C@@H](n2ccc(=O)[nH]c2=O)[C@H](OC)[C@@H]1O. The van der Waals surface area contributed by atoms with Crippen molar-refractivity contribution in [3.8, 4) is 0 Å². The monoisotopic (exact) mass is 342 g/mol. The molecule has 0 saturated carbocycles. The van der Waals surface area contributed by atoms with E-state index in [1.165, 1.54) is 19.4 Å². The number of carbonyl (C=O) groups excluding carboxylic acids is 1. The fourth-order valence-electron chi connectivity index (χ4n) is 2.44. The van der Waals surface area contributed by atoms with Crippen LogP contribution in [0.1, 0.15) is 26.5 Å². The number of esters is 1. The van der Waals surface area contributed by atoms with Crippen LogP contribution in [-0.4, -0.2) is 52.7 Å². The first-order chi connectivity index (χ1) is 11.4. The normalized spacial score (nSPS) is 27.8. The molecule has 1 aromatic heterocycles. The number of nitrogens with zero attached hydrogens (tertiary/aromatic N) is 1. The number of hydrogen-bond donors (Lipinski definition) is 2. The van der Waals surface area contributed by atoms with Crippen LogP contribution in [0.2, 0.25) is 0 Å². The lowest BCUT2D eigenvalue weighted by molar-refractivity contribution is -0.154. The molecule has 9 heteroatoms. The maximum atomic E-state index is 11.9. The summed E-state index contributed by atoms with van der Waals surface area (Å²) in [5.41, 5.74) is -1.22. The lowest BCUT2D eigenvalue weighted by Crippen LogP contribution is -2.39. The quantitative estimate of drug-likeness (QED) is 0.662. The van der Waals surface area contributed by atoms with Crippen LogP contribution in [0.4, 0.5) is 0 Å². The number of aromatic amines is 1. The van der Waals surface area contributed by atoms with Gasteiger partial charge in [-0.25, -0.2) is 4.79 Å². The van der Waals surface area contributed by atoms with Crippen molar-refractivity contribution in [1.82, 2.24) is 9.55 Å². The molecular formula is C15H22N2O7. The van der Waals surface area contributed by atoms with Gasteiger partial charge in [-0.3, -0.25) is 19.1 Å². The van der Waals surface area contributed by atoms with E-state index in [1.807, 2.05) is 6.92 Å². The van der Waals surface area contributed by atoms with Gasteiger partial charge in [0.25, 0.3) is 5.56 Å². The second-order valence-electron chi connectivity index (χ2n) is 5.71. The maximum Gasteiger partial charge on any atom is 0.330 e. The van der Waals surface area contributed by atoms with E-state index in [0.29, 0.717) is 6.42 Å². The van der Waals surface area contributed by atoms with Gasteiger partial charge >= 0.3 is 11.7 Å². The number of aliphatic hydroxyl groups excluding tert-OH is 1. The number of methoxy groups -OCH3 is 1. The number of H-pyrrole nitrogens is 1. The average molecular weight is 342 g/mol. The van der Waals surface area contributed by atoms with Crippen molar-refractivity contribution >= 4 is 5.97 Å². The minimum atomic E-state index is -1.09. The zero-order chi connectivity index (χ0) is 17.9. The molecule has 1 aromatic rings. The van der Waals surface area contributed by atoms with Gasteiger partial charge in [-0.05, 0) is 6.42 Å². The first kappa shape index (κ1) is 18.4. The summed E-state index contributed by atoms with van der Waals surface area (Å²) in [5.74, 6) is -0.633. The van der Waals surface area contributed by atoms with Crippen LogP contribution in [0.15, 0.2) is 21.9 Å². The fourth-order valence-corrected chi connectivity index (χ4v) is 2.44. The molecule has 0 aromatic carbocycles. The van der Waals surface area contributed by atoms with Gasteiger partial charge < -0.3 is 19.3 Å². The van der Waals surface area contributed by atoms with E-state index in [2.05, 4.69) is 4.98 Å². The Labute approximate surface area is 138 Å². The molecule has 0 radical (unpaired) electrons. The molecule has 0 bridgehead atoms. The first-order valence-electron chi connectivity index (χ1n) is 7.73. The molecule has 5 atom stereocenters.